The molecule has 2 rings (SSSR count). The van der Waals surface area contributed by atoms with Gasteiger partial charge in [0.2, 0.25) is 5.91 Å². The number of nitrogens with one attached hydrogen (secondary N) is 1. The van der Waals surface area contributed by atoms with Crippen LogP contribution in [-0.2, 0) is 11.2 Å². The molecule has 0 fully saturated rings. The van der Waals surface area contributed by atoms with Gasteiger partial charge in [0.1, 0.15) is 17.4 Å². The van der Waals surface area contributed by atoms with Crippen LogP contribution < -0.4 is 10.1 Å². The molecular weight excluding hydrogens is 244 g/mol. The molecule has 1 heterocycles. The second-order valence-electron chi connectivity index (χ2n) is 4.10. The quantitative estimate of drug-likeness (QED) is 0.890. The molecule has 5 heteroatoms. The number of hydrogen-bond donors (Lipinski definition) is 1. The smallest absolute Gasteiger partial charge is 0.216 e. The summed E-state index contributed by atoms with van der Waals surface area (Å²) in [5.41, 5.74) is 1.77. The molecule has 0 radical (unpaired) electrons. The average molecular weight is 258 g/mol. The summed E-state index contributed by atoms with van der Waals surface area (Å²) < 4.78 is 10.7. The third-order valence-corrected chi connectivity index (χ3v) is 2.70. The van der Waals surface area contributed by atoms with E-state index in [2.05, 4.69) is 5.32 Å². The molecule has 0 saturated heterocycles. The van der Waals surface area contributed by atoms with Crippen molar-refractivity contribution >= 4 is 16.9 Å². The number of fused-ring (bicyclic) bond motifs is 1. The zero-order valence-electron chi connectivity index (χ0n) is 10.6. The van der Waals surface area contributed by atoms with Crippen LogP contribution in [0.5, 0.6) is 5.75 Å². The number of rotatable bonds is 5. The van der Waals surface area contributed by atoms with Gasteiger partial charge in [0, 0.05) is 24.4 Å². The van der Waals surface area contributed by atoms with Crippen LogP contribution >= 0.6 is 0 Å². The minimum absolute atomic E-state index is 0.0184. The number of ether oxygens (including phenoxy) is 1. The van der Waals surface area contributed by atoms with Gasteiger partial charge in [0.05, 0.1) is 6.26 Å². The topological polar surface area (TPSA) is 75.3 Å². The maximum atomic E-state index is 10.8. The number of benzene rings is 1. The lowest BCUT2D eigenvalue weighted by Crippen LogP contribution is -2.22. The molecule has 1 amide bonds. The highest BCUT2D eigenvalue weighted by atomic mass is 16.5. The first-order valence-electron chi connectivity index (χ1n) is 5.95. The zero-order valence-corrected chi connectivity index (χ0v) is 10.6. The van der Waals surface area contributed by atoms with E-state index in [0.717, 1.165) is 16.5 Å². The highest BCUT2D eigenvalue weighted by Crippen LogP contribution is 2.26. The Morgan fingerprint density at radius 1 is 1.53 bits per heavy atom. The van der Waals surface area contributed by atoms with Gasteiger partial charge in [-0.3, -0.25) is 4.79 Å². The van der Waals surface area contributed by atoms with E-state index in [1.807, 2.05) is 18.2 Å². The van der Waals surface area contributed by atoms with Gasteiger partial charge in [0.25, 0.3) is 0 Å². The normalized spacial score (nSPS) is 10.1. The van der Waals surface area contributed by atoms with Crippen molar-refractivity contribution in [3.05, 3.63) is 30.0 Å². The first-order chi connectivity index (χ1) is 9.20. The third kappa shape index (κ3) is 3.26. The van der Waals surface area contributed by atoms with Crippen molar-refractivity contribution in [2.24, 2.45) is 0 Å². The summed E-state index contributed by atoms with van der Waals surface area (Å²) in [6, 6.07) is 7.35. The monoisotopic (exact) mass is 258 g/mol. The number of amides is 1. The zero-order chi connectivity index (χ0) is 13.7. The van der Waals surface area contributed by atoms with Gasteiger partial charge >= 0.3 is 0 Å². The Balaban J connectivity index is 2.15. The Bertz CT molecular complexity index is 625. The summed E-state index contributed by atoms with van der Waals surface area (Å²) in [6.45, 7) is 2.07. The molecule has 0 unspecified atom stereocenters. The number of hydrogen-bond acceptors (Lipinski definition) is 4. The molecule has 1 N–H and O–H groups in total. The van der Waals surface area contributed by atoms with Gasteiger partial charge in [0.15, 0.2) is 6.61 Å². The van der Waals surface area contributed by atoms with E-state index in [1.165, 1.54) is 6.92 Å². The minimum Gasteiger partial charge on any atom is -0.479 e. The van der Waals surface area contributed by atoms with Crippen LogP contribution in [0.1, 0.15) is 12.5 Å². The molecule has 2 aromatic rings. The number of carbonyl (C=O) groups excluding carboxylic acids is 1. The molecule has 5 nitrogen and oxygen atoms in total. The Labute approximate surface area is 110 Å². The molecule has 19 heavy (non-hydrogen) atoms. The highest BCUT2D eigenvalue weighted by Gasteiger charge is 2.07. The molecule has 0 bridgehead atoms. The van der Waals surface area contributed by atoms with Crippen molar-refractivity contribution in [2.45, 2.75) is 13.3 Å². The summed E-state index contributed by atoms with van der Waals surface area (Å²) in [6.07, 6.45) is 2.37. The third-order valence-electron chi connectivity index (χ3n) is 2.70. The average Bonchev–Trinajstić information content (AvgIpc) is 2.79. The van der Waals surface area contributed by atoms with E-state index in [0.29, 0.717) is 18.7 Å². The van der Waals surface area contributed by atoms with Crippen molar-refractivity contribution in [3.63, 3.8) is 0 Å². The lowest BCUT2D eigenvalue weighted by Gasteiger charge is -2.03. The molecule has 0 aliphatic carbocycles. The Morgan fingerprint density at radius 3 is 3.11 bits per heavy atom. The first kappa shape index (κ1) is 13.0. The summed E-state index contributed by atoms with van der Waals surface area (Å²) in [4.78, 5) is 10.8. The molecule has 0 atom stereocenters. The lowest BCUT2D eigenvalue weighted by molar-refractivity contribution is -0.118. The van der Waals surface area contributed by atoms with Crippen LogP contribution in [0.4, 0.5) is 0 Å². The standard InChI is InChI=1S/C14H14N2O3/c1-10(17)16-6-4-11-9-19-14-3-2-12(8-13(11)14)18-7-5-15/h2-3,8-9H,4,6-7H2,1H3,(H,16,17). The molecule has 0 aliphatic heterocycles. The molecule has 1 aromatic heterocycles. The van der Waals surface area contributed by atoms with Crippen molar-refractivity contribution in [1.29, 1.82) is 5.26 Å². The molecular formula is C14H14N2O3. The number of nitrogens with zero attached hydrogens (tertiary/aromatic N) is 1. The first-order valence-corrected chi connectivity index (χ1v) is 5.95. The summed E-state index contributed by atoms with van der Waals surface area (Å²) >= 11 is 0. The molecule has 98 valence electrons. The van der Waals surface area contributed by atoms with Gasteiger partial charge in [-0.2, -0.15) is 5.26 Å². The summed E-state index contributed by atoms with van der Waals surface area (Å²) in [7, 11) is 0. The van der Waals surface area contributed by atoms with Gasteiger partial charge < -0.3 is 14.5 Å². The van der Waals surface area contributed by atoms with Crippen molar-refractivity contribution in [1.82, 2.24) is 5.32 Å². The van der Waals surface area contributed by atoms with Crippen LogP contribution in [0.15, 0.2) is 28.9 Å². The van der Waals surface area contributed by atoms with Gasteiger partial charge in [-0.05, 0) is 24.6 Å². The maximum absolute atomic E-state index is 10.8. The Hall–Kier alpha value is -2.48. The van der Waals surface area contributed by atoms with Crippen LogP contribution in [0.3, 0.4) is 0 Å². The summed E-state index contributed by atoms with van der Waals surface area (Å²) in [5, 5.41) is 12.2. The number of furan rings is 1. The van der Waals surface area contributed by atoms with Crippen LogP contribution in [0.2, 0.25) is 0 Å². The van der Waals surface area contributed by atoms with Gasteiger partial charge in [-0.1, -0.05) is 0 Å². The van der Waals surface area contributed by atoms with E-state index in [9.17, 15) is 4.79 Å². The van der Waals surface area contributed by atoms with Gasteiger partial charge in [-0.25, -0.2) is 0 Å². The fourth-order valence-corrected chi connectivity index (χ4v) is 1.83. The van der Waals surface area contributed by atoms with Crippen molar-refractivity contribution < 1.29 is 13.9 Å². The minimum atomic E-state index is -0.0501. The Kier molecular flexibility index (Phi) is 4.04. The van der Waals surface area contributed by atoms with E-state index in [1.54, 1.807) is 12.3 Å². The van der Waals surface area contributed by atoms with E-state index in [-0.39, 0.29) is 12.5 Å². The van der Waals surface area contributed by atoms with Crippen LogP contribution in [0.25, 0.3) is 11.0 Å². The number of nitriles is 1. The highest BCUT2D eigenvalue weighted by molar-refractivity contribution is 5.82. The second-order valence-corrected chi connectivity index (χ2v) is 4.10. The van der Waals surface area contributed by atoms with E-state index < -0.39 is 0 Å². The fraction of sp³-hybridized carbons (Fsp3) is 0.286. The van der Waals surface area contributed by atoms with Crippen LogP contribution in [-0.4, -0.2) is 19.1 Å². The van der Waals surface area contributed by atoms with Crippen molar-refractivity contribution in [3.8, 4) is 11.8 Å². The molecule has 0 aliphatic rings. The summed E-state index contributed by atoms with van der Waals surface area (Å²) in [5.74, 6) is 0.585. The second kappa shape index (κ2) is 5.91. The molecule has 1 aromatic carbocycles. The fourth-order valence-electron chi connectivity index (χ4n) is 1.83. The molecule has 0 spiro atoms. The molecule has 0 saturated carbocycles. The predicted molar refractivity (Wildman–Crippen MR) is 69.7 cm³/mol. The SMILES string of the molecule is CC(=O)NCCc1coc2ccc(OCC#N)cc12. The lowest BCUT2D eigenvalue weighted by atomic mass is 10.1. The van der Waals surface area contributed by atoms with Crippen LogP contribution in [0, 0.1) is 11.3 Å². The van der Waals surface area contributed by atoms with Crippen molar-refractivity contribution in [2.75, 3.05) is 13.2 Å². The largest absolute Gasteiger partial charge is 0.479 e. The maximum Gasteiger partial charge on any atom is 0.216 e. The Morgan fingerprint density at radius 2 is 2.37 bits per heavy atom. The van der Waals surface area contributed by atoms with E-state index >= 15 is 0 Å². The van der Waals surface area contributed by atoms with E-state index in [4.69, 9.17) is 14.4 Å². The number of carbonyl (C=O) groups is 1. The predicted octanol–water partition coefficient (Wildman–Crippen LogP) is 2.01. The van der Waals surface area contributed by atoms with Gasteiger partial charge in [-0.15, -0.1) is 0 Å².